The van der Waals surface area contributed by atoms with Crippen LogP contribution in [0.1, 0.15) is 134 Å². The lowest BCUT2D eigenvalue weighted by Crippen LogP contribution is -2.23. The minimum Gasteiger partial charge on any atom is -0.464 e. The van der Waals surface area contributed by atoms with E-state index in [4.69, 9.17) is 22.9 Å². The largest absolute Gasteiger partial charge is 0.464 e. The molecular weight excluding hydrogens is 1320 g/mol. The maximum absolute atomic E-state index is 11.5. The number of primary amides is 3. The summed E-state index contributed by atoms with van der Waals surface area (Å²) in [4.78, 5) is 102. The first kappa shape index (κ1) is 75.2. The summed E-state index contributed by atoms with van der Waals surface area (Å²) < 4.78 is 43.2. The van der Waals surface area contributed by atoms with Crippen molar-refractivity contribution < 1.29 is 62.1 Å². The van der Waals surface area contributed by atoms with Crippen molar-refractivity contribution in [1.29, 1.82) is 0 Å². The molecule has 2 saturated heterocycles. The summed E-state index contributed by atoms with van der Waals surface area (Å²) in [5.41, 5.74) is 22.1. The number of aromatic nitrogens is 14. The zero-order valence-electron chi connectivity index (χ0n) is 48.2. The molecule has 33 nitrogen and oxygen atoms in total. The van der Waals surface area contributed by atoms with Gasteiger partial charge in [-0.15, -0.1) is 35.7 Å². The zero-order chi connectivity index (χ0) is 65.7. The van der Waals surface area contributed by atoms with Gasteiger partial charge < -0.3 is 51.7 Å². The van der Waals surface area contributed by atoms with Gasteiger partial charge in [-0.2, -0.15) is 0 Å². The maximum atomic E-state index is 11.5. The van der Waals surface area contributed by atoms with E-state index in [0.29, 0.717) is 50.5 Å². The fourth-order valence-electron chi connectivity index (χ4n) is 6.13. The molecule has 7 aromatic heterocycles. The predicted octanol–water partition coefficient (Wildman–Crippen LogP) is 3.45. The quantitative estimate of drug-likeness (QED) is 0.0589. The van der Waals surface area contributed by atoms with Crippen molar-refractivity contribution >= 4 is 184 Å². The van der Waals surface area contributed by atoms with Crippen molar-refractivity contribution in [1.82, 2.24) is 67.1 Å². The summed E-state index contributed by atoms with van der Waals surface area (Å²) >= 11 is 17.2. The first-order chi connectivity index (χ1) is 41.1. The van der Waals surface area contributed by atoms with Gasteiger partial charge in [0.15, 0.2) is 40.0 Å². The number of esters is 4. The van der Waals surface area contributed by atoms with Crippen LogP contribution >= 0.6 is 105 Å². The molecule has 2 aliphatic rings. The van der Waals surface area contributed by atoms with E-state index in [1.165, 1.54) is 99.2 Å². The van der Waals surface area contributed by atoms with Crippen molar-refractivity contribution in [2.45, 2.75) is 55.4 Å². The third-order valence-electron chi connectivity index (χ3n) is 11.3. The molecule has 8 N–H and O–H groups in total. The van der Waals surface area contributed by atoms with Crippen molar-refractivity contribution in [2.24, 2.45) is 40.9 Å². The van der Waals surface area contributed by atoms with Crippen LogP contribution in [0.5, 0.6) is 0 Å². The van der Waals surface area contributed by atoms with Crippen LogP contribution in [0.3, 0.4) is 0 Å². The van der Waals surface area contributed by atoms with E-state index in [-0.39, 0.29) is 39.3 Å². The highest BCUT2D eigenvalue weighted by Crippen LogP contribution is 2.33. The van der Waals surface area contributed by atoms with Crippen molar-refractivity contribution in [2.75, 3.05) is 70.2 Å². The normalized spacial score (nSPS) is 14.9. The molecule has 0 aliphatic carbocycles. The van der Waals surface area contributed by atoms with Gasteiger partial charge in [-0.1, -0.05) is 83.5 Å². The number of nitrogens with zero attached hydrogens (tertiary/aromatic N) is 16. The molecule has 0 bridgehead atoms. The lowest BCUT2D eigenvalue weighted by molar-refractivity contribution is -0.134. The van der Waals surface area contributed by atoms with Crippen LogP contribution in [0.4, 0.5) is 15.0 Å². The highest BCUT2D eigenvalue weighted by Gasteiger charge is 2.32. The highest BCUT2D eigenvalue weighted by molar-refractivity contribution is 7.79. The van der Waals surface area contributed by atoms with Gasteiger partial charge in [0, 0.05) is 85.4 Å². The number of thiocarbonyl (C=S) groups is 2. The van der Waals surface area contributed by atoms with E-state index < -0.39 is 41.6 Å². The molecule has 0 radical (unpaired) electrons. The fourth-order valence-corrected chi connectivity index (χ4v) is 10.3. The van der Waals surface area contributed by atoms with Crippen molar-refractivity contribution in [3.05, 3.63) is 59.4 Å². The summed E-state index contributed by atoms with van der Waals surface area (Å²) in [6.07, 6.45) is 0. The molecule has 3 amide bonds. The Labute approximate surface area is 535 Å². The molecule has 2 aliphatic heterocycles. The van der Waals surface area contributed by atoms with E-state index in [1.54, 1.807) is 13.8 Å². The molecule has 9 rings (SSSR count). The number of rotatable bonds is 12. The number of ketones is 2. The molecule has 87 heavy (non-hydrogen) atoms. The number of hydrogen-bond donors (Lipinski definition) is 4. The Morgan fingerprint density at radius 3 is 1.05 bits per heavy atom. The van der Waals surface area contributed by atoms with E-state index in [1.807, 2.05) is 0 Å². The Hall–Kier alpha value is -7.87. The molecule has 4 unspecified atom stereocenters. The maximum Gasteiger partial charge on any atom is 0.361 e. The van der Waals surface area contributed by atoms with Gasteiger partial charge in [0.25, 0.3) is 17.7 Å². The summed E-state index contributed by atoms with van der Waals surface area (Å²) in [7, 11) is 5.23. The number of nitrogens with two attached hydrogens (primary N) is 4. The van der Waals surface area contributed by atoms with Crippen molar-refractivity contribution in [3.8, 4) is 0 Å². The number of anilines is 3. The molecular formula is C45H58N20O13S9. The molecule has 2 fully saturated rings. The van der Waals surface area contributed by atoms with Crippen LogP contribution in [0, 0.1) is 37.5 Å². The van der Waals surface area contributed by atoms with Crippen LogP contribution < -0.4 is 32.7 Å². The number of amides is 3. The summed E-state index contributed by atoms with van der Waals surface area (Å²) in [5, 5.41) is 29.8. The molecule has 0 spiro atoms. The average molecular weight is 1380 g/mol. The lowest BCUT2D eigenvalue weighted by atomic mass is 10.0. The lowest BCUT2D eigenvalue weighted by Gasteiger charge is -2.15. The second kappa shape index (κ2) is 38.3. The van der Waals surface area contributed by atoms with Gasteiger partial charge in [-0.3, -0.25) is 24.0 Å². The molecule has 0 aromatic carbocycles. The van der Waals surface area contributed by atoms with E-state index in [2.05, 4.69) is 148 Å². The van der Waals surface area contributed by atoms with Crippen LogP contribution in [-0.2, 0) is 28.5 Å². The molecule has 470 valence electrons. The topological polar surface area (TPSA) is 482 Å². The van der Waals surface area contributed by atoms with Gasteiger partial charge in [-0.25, -0.2) is 19.2 Å². The van der Waals surface area contributed by atoms with Gasteiger partial charge >= 0.3 is 23.9 Å². The molecule has 4 atom stereocenters. The minimum atomic E-state index is -0.593. The summed E-state index contributed by atoms with van der Waals surface area (Å²) in [6, 6.07) is 0. The summed E-state index contributed by atoms with van der Waals surface area (Å²) in [6.45, 7) is 18.7. The van der Waals surface area contributed by atoms with E-state index >= 15 is 0 Å². The number of Topliss-reactive ketones (excluding diaryl/α,β-unsaturated/α-hetero) is 2. The first-order valence-corrected chi connectivity index (χ1v) is 30.6. The highest BCUT2D eigenvalue weighted by atomic mass is 32.1. The van der Waals surface area contributed by atoms with Gasteiger partial charge in [0.1, 0.15) is 15.0 Å². The van der Waals surface area contributed by atoms with Gasteiger partial charge in [0.2, 0.25) is 11.4 Å². The number of nitrogen functional groups attached to an aromatic ring is 1. The SMILES string of the molecule is CC(=O)C(C)=O.CC1CN(c2snnc2C(N)=O)CC1C.COC(=O)c1nnsc1C.COC(=O)c1nnsc1C=S.COC(=O)c1nnsc1N.COC(=O)c1nnsc1N1CC(C)C(C)C1.Cc1snnc1C(N)=O.NC(=O)c1nnsc1C=S. The van der Waals surface area contributed by atoms with Crippen LogP contribution in [0.25, 0.3) is 0 Å². The number of aryl methyl sites for hydroxylation is 2. The standard InChI is InChI=1S/C10H15N3O2S.C9H14N4OS.C5H4N2O2S2.C5H6N2O2S.C4H5N3O2S.C4H3N3OS2.C4H5N3OS.C4H6O2/c1-6-4-13(5-7(6)2)9-8(10(14)15-3)11-12-16-9;1-5-3-13(4-6(5)2)9-7(8(10)14)11-12-15-9;1-9-5(8)4-3(2-10)11-7-6-4;1-3-4(5(8)9-2)6-7-10-3;1-9-4(8)2-3(5)10-7-6-2;5-4(8)3-2(1-9)10-7-6-3;1-2-3(4(5)8)6-7-9-2;1-3(5)4(2)6/h6-7H,4-5H2,1-3H3;5-6H,3-4H2,1-2H3,(H2,10,14);2H,1H3;1-2H3;5H2,1H3;1H,(H2,5,8);1H3,(H2,5,8);1-2H3. The smallest absolute Gasteiger partial charge is 0.361 e. The van der Waals surface area contributed by atoms with E-state index in [9.17, 15) is 43.2 Å². The van der Waals surface area contributed by atoms with Gasteiger partial charge in [0.05, 0.1) is 47.9 Å². The predicted molar refractivity (Wildman–Crippen MR) is 332 cm³/mol. The average Bonchev–Trinajstić information content (AvgIpc) is 2.88. The number of ether oxygens (including phenoxy) is 4. The number of hydrogen-bond acceptors (Lipinski definition) is 39. The molecule has 9 heterocycles. The van der Waals surface area contributed by atoms with Crippen LogP contribution in [-0.4, -0.2) is 186 Å². The Morgan fingerprint density at radius 1 is 0.425 bits per heavy atom. The number of carbonyl (C=O) groups excluding carboxylic acids is 9. The second-order valence-corrected chi connectivity index (χ2v) is 23.5. The van der Waals surface area contributed by atoms with Crippen LogP contribution in [0.15, 0.2) is 0 Å². The Balaban J connectivity index is 0.000000344. The minimum absolute atomic E-state index is 0.0903. The zero-order valence-corrected chi connectivity index (χ0v) is 55.6. The van der Waals surface area contributed by atoms with Crippen molar-refractivity contribution in [3.63, 3.8) is 0 Å². The monoisotopic (exact) mass is 1370 g/mol. The van der Waals surface area contributed by atoms with Crippen LogP contribution in [0.2, 0.25) is 0 Å². The third-order valence-corrected chi connectivity index (χ3v) is 16.8. The van der Waals surface area contributed by atoms with Gasteiger partial charge in [-0.05, 0) is 83.6 Å². The summed E-state index contributed by atoms with van der Waals surface area (Å²) in [5.74, 6) is -1.72. The van der Waals surface area contributed by atoms with E-state index in [0.717, 1.165) is 80.5 Å². The Morgan fingerprint density at radius 2 is 0.713 bits per heavy atom. The second-order valence-electron chi connectivity index (χ2n) is 17.3. The molecule has 42 heteroatoms. The Kier molecular flexibility index (Phi) is 33.1. The molecule has 0 saturated carbocycles. The first-order valence-electron chi connectivity index (χ1n) is 24.2. The third kappa shape index (κ3) is 23.7. The Bertz CT molecular complexity index is 3350. The number of methoxy groups -OCH3 is 4. The number of carbonyl (C=O) groups is 9. The fraction of sp³-hybridized carbons (Fsp3) is 0.444. The molecule has 7 aromatic rings.